The summed E-state index contributed by atoms with van der Waals surface area (Å²) in [6.07, 6.45) is 1.54. The van der Waals surface area contributed by atoms with E-state index in [1.807, 2.05) is 6.92 Å². The van der Waals surface area contributed by atoms with Crippen molar-refractivity contribution in [1.29, 1.82) is 0 Å². The lowest BCUT2D eigenvalue weighted by Gasteiger charge is -2.15. The second kappa shape index (κ2) is 13.0. The first kappa shape index (κ1) is 29.1. The van der Waals surface area contributed by atoms with Crippen molar-refractivity contribution >= 4 is 69.1 Å². The highest BCUT2D eigenvalue weighted by molar-refractivity contribution is 14.1. The highest BCUT2D eigenvalue weighted by atomic mass is 127. The number of imide groups is 1. The van der Waals surface area contributed by atoms with E-state index in [9.17, 15) is 23.6 Å². The Kier molecular flexibility index (Phi) is 9.42. The zero-order chi connectivity index (χ0) is 28.8. The molecular formula is C28H22FIN2O7S. The monoisotopic (exact) mass is 676 g/mol. The third-order valence-corrected chi connectivity index (χ3v) is 7.21. The normalized spacial score (nSPS) is 14.0. The fraction of sp³-hybridized carbons (Fsp3) is 0.143. The maximum Gasteiger partial charge on any atom is 0.335 e. The quantitative estimate of drug-likeness (QED) is 0.205. The van der Waals surface area contributed by atoms with Crippen LogP contribution in [0.3, 0.4) is 0 Å². The van der Waals surface area contributed by atoms with Gasteiger partial charge in [0.25, 0.3) is 11.1 Å². The Balaban J connectivity index is 1.48. The average molecular weight is 676 g/mol. The van der Waals surface area contributed by atoms with E-state index in [1.165, 1.54) is 36.4 Å². The molecule has 1 aliphatic rings. The Morgan fingerprint density at radius 1 is 1.10 bits per heavy atom. The van der Waals surface area contributed by atoms with Crippen LogP contribution < -0.4 is 14.8 Å². The van der Waals surface area contributed by atoms with Crippen LogP contribution in [0, 0.1) is 9.39 Å². The number of anilines is 1. The number of carbonyl (C=O) groups excluding carboxylic acids is 3. The molecule has 0 radical (unpaired) electrons. The highest BCUT2D eigenvalue weighted by Gasteiger charge is 2.36. The highest BCUT2D eigenvalue weighted by Crippen LogP contribution is 2.38. The fourth-order valence-electron chi connectivity index (χ4n) is 3.67. The molecule has 0 unspecified atom stereocenters. The van der Waals surface area contributed by atoms with Crippen molar-refractivity contribution in [2.45, 2.75) is 13.5 Å². The number of aromatic carboxylic acids is 1. The maximum absolute atomic E-state index is 13.4. The fourth-order valence-corrected chi connectivity index (χ4v) is 5.29. The van der Waals surface area contributed by atoms with Gasteiger partial charge in [-0.25, -0.2) is 9.18 Å². The maximum atomic E-state index is 13.4. The van der Waals surface area contributed by atoms with Crippen molar-refractivity contribution in [2.75, 3.05) is 18.5 Å². The molecule has 206 valence electrons. The lowest BCUT2D eigenvalue weighted by Crippen LogP contribution is -2.36. The van der Waals surface area contributed by atoms with E-state index in [4.69, 9.17) is 14.6 Å². The number of amides is 3. The predicted molar refractivity (Wildman–Crippen MR) is 156 cm³/mol. The van der Waals surface area contributed by atoms with Gasteiger partial charge in [0.2, 0.25) is 5.91 Å². The van der Waals surface area contributed by atoms with Crippen molar-refractivity contribution in [1.82, 2.24) is 4.90 Å². The van der Waals surface area contributed by atoms with Gasteiger partial charge in [-0.15, -0.1) is 0 Å². The van der Waals surface area contributed by atoms with Gasteiger partial charge < -0.3 is 19.9 Å². The minimum Gasteiger partial charge on any atom is -0.490 e. The van der Waals surface area contributed by atoms with Crippen LogP contribution in [0.1, 0.15) is 28.4 Å². The third-order valence-electron chi connectivity index (χ3n) is 5.50. The summed E-state index contributed by atoms with van der Waals surface area (Å²) in [7, 11) is 0. The van der Waals surface area contributed by atoms with Gasteiger partial charge in [0, 0.05) is 5.69 Å². The minimum atomic E-state index is -1.01. The molecule has 0 atom stereocenters. The second-order valence-corrected chi connectivity index (χ2v) is 10.5. The molecule has 1 heterocycles. The zero-order valence-corrected chi connectivity index (χ0v) is 24.0. The summed E-state index contributed by atoms with van der Waals surface area (Å²) in [4.78, 5) is 49.8. The Morgan fingerprint density at radius 2 is 1.85 bits per heavy atom. The SMILES string of the molecule is CCOc1cc(/C=C2/SC(=O)N(CC(=O)Nc3cccc(F)c3)C2=O)cc(I)c1OCc1ccc(C(=O)O)cc1. The number of carboxylic acid groups (broad SMARTS) is 1. The molecular weight excluding hydrogens is 654 g/mol. The van der Waals surface area contributed by atoms with Crippen LogP contribution in [0.15, 0.2) is 65.6 Å². The smallest absolute Gasteiger partial charge is 0.335 e. The first-order valence-electron chi connectivity index (χ1n) is 11.9. The molecule has 3 aromatic rings. The van der Waals surface area contributed by atoms with E-state index in [2.05, 4.69) is 27.9 Å². The summed E-state index contributed by atoms with van der Waals surface area (Å²) in [6.45, 7) is 1.82. The lowest BCUT2D eigenvalue weighted by molar-refractivity contribution is -0.127. The molecule has 1 aliphatic heterocycles. The van der Waals surface area contributed by atoms with E-state index >= 15 is 0 Å². The van der Waals surface area contributed by atoms with E-state index in [0.717, 1.165) is 16.5 Å². The number of nitrogens with one attached hydrogen (secondary N) is 1. The number of hydrogen-bond acceptors (Lipinski definition) is 7. The number of rotatable bonds is 10. The third kappa shape index (κ3) is 7.18. The van der Waals surface area contributed by atoms with E-state index in [1.54, 1.807) is 24.3 Å². The van der Waals surface area contributed by atoms with Crippen LogP contribution in [0.5, 0.6) is 11.5 Å². The number of benzene rings is 3. The number of halogens is 2. The van der Waals surface area contributed by atoms with E-state index in [0.29, 0.717) is 39.0 Å². The van der Waals surface area contributed by atoms with Crippen molar-refractivity contribution in [3.8, 4) is 11.5 Å². The van der Waals surface area contributed by atoms with Gasteiger partial charge in [0.15, 0.2) is 11.5 Å². The number of hydrogen-bond donors (Lipinski definition) is 2. The summed E-state index contributed by atoms with van der Waals surface area (Å²) in [5, 5.41) is 10.9. The Hall–Kier alpha value is -3.91. The summed E-state index contributed by atoms with van der Waals surface area (Å²) < 4.78 is 25.8. The van der Waals surface area contributed by atoms with E-state index < -0.39 is 35.4 Å². The van der Waals surface area contributed by atoms with Gasteiger partial charge in [-0.1, -0.05) is 18.2 Å². The van der Waals surface area contributed by atoms with Gasteiger partial charge in [0.05, 0.1) is 20.6 Å². The number of carboxylic acids is 1. The molecule has 1 saturated heterocycles. The van der Waals surface area contributed by atoms with Gasteiger partial charge in [-0.05, 0) is 101 Å². The lowest BCUT2D eigenvalue weighted by atomic mass is 10.1. The van der Waals surface area contributed by atoms with Gasteiger partial charge in [0.1, 0.15) is 19.0 Å². The van der Waals surface area contributed by atoms with Crippen LogP contribution in [-0.2, 0) is 16.2 Å². The van der Waals surface area contributed by atoms with E-state index in [-0.39, 0.29) is 22.8 Å². The molecule has 9 nitrogen and oxygen atoms in total. The standard InChI is InChI=1S/C28H22FIN2O7S/c1-2-38-22-11-17(10-21(30)25(22)39-15-16-6-8-18(9-7-16)27(35)36)12-23-26(34)32(28(37)40-23)14-24(33)31-20-5-3-4-19(29)13-20/h3-13H,2,14-15H2,1H3,(H,31,33)(H,35,36)/b23-12+. The number of nitrogens with zero attached hydrogens (tertiary/aromatic N) is 1. The summed E-state index contributed by atoms with van der Waals surface area (Å²) >= 11 is 2.79. The summed E-state index contributed by atoms with van der Waals surface area (Å²) in [6, 6.07) is 15.1. The molecule has 4 rings (SSSR count). The number of thioether (sulfide) groups is 1. The van der Waals surface area contributed by atoms with Crippen molar-refractivity contribution in [2.24, 2.45) is 0 Å². The van der Waals surface area contributed by atoms with Crippen LogP contribution in [0.2, 0.25) is 0 Å². The number of ether oxygens (including phenoxy) is 2. The first-order valence-corrected chi connectivity index (χ1v) is 13.8. The molecule has 0 aromatic heterocycles. The minimum absolute atomic E-state index is 0.133. The van der Waals surface area contributed by atoms with Crippen LogP contribution in [0.4, 0.5) is 14.9 Å². The Morgan fingerprint density at radius 3 is 2.52 bits per heavy atom. The molecule has 40 heavy (non-hydrogen) atoms. The Labute approximate surface area is 246 Å². The molecule has 0 aliphatic carbocycles. The molecule has 3 amide bonds. The topological polar surface area (TPSA) is 122 Å². The molecule has 0 saturated carbocycles. The van der Waals surface area contributed by atoms with Crippen LogP contribution in [0.25, 0.3) is 6.08 Å². The first-order chi connectivity index (χ1) is 19.1. The zero-order valence-electron chi connectivity index (χ0n) is 21.0. The van der Waals surface area contributed by atoms with Crippen molar-refractivity contribution < 1.29 is 38.1 Å². The van der Waals surface area contributed by atoms with Crippen molar-refractivity contribution in [3.05, 3.63) is 91.6 Å². The number of carbonyl (C=O) groups is 4. The van der Waals surface area contributed by atoms with Crippen LogP contribution in [-0.4, -0.2) is 46.2 Å². The van der Waals surface area contributed by atoms with Gasteiger partial charge >= 0.3 is 5.97 Å². The molecule has 0 bridgehead atoms. The average Bonchev–Trinajstić information content (AvgIpc) is 3.15. The molecule has 3 aromatic carbocycles. The molecule has 1 fully saturated rings. The predicted octanol–water partition coefficient (Wildman–Crippen LogP) is 5.78. The molecule has 2 N–H and O–H groups in total. The van der Waals surface area contributed by atoms with Crippen LogP contribution >= 0.6 is 34.4 Å². The van der Waals surface area contributed by atoms with Crippen molar-refractivity contribution in [3.63, 3.8) is 0 Å². The molecule has 0 spiro atoms. The molecule has 12 heteroatoms. The summed E-state index contributed by atoms with van der Waals surface area (Å²) in [5.74, 6) is -1.90. The van der Waals surface area contributed by atoms with Gasteiger partial charge in [-0.2, -0.15) is 0 Å². The summed E-state index contributed by atoms with van der Waals surface area (Å²) in [5.41, 5.74) is 1.74. The van der Waals surface area contributed by atoms with Gasteiger partial charge in [-0.3, -0.25) is 19.3 Å². The largest absolute Gasteiger partial charge is 0.490 e. The second-order valence-electron chi connectivity index (χ2n) is 8.38. The Bertz CT molecular complexity index is 1510.